The molecule has 0 saturated carbocycles. The van der Waals surface area contributed by atoms with Gasteiger partial charge in [0.25, 0.3) is 0 Å². The van der Waals surface area contributed by atoms with Crippen LogP contribution in [0.3, 0.4) is 0 Å². The smallest absolute Gasteiger partial charge is 0.0276 e. The SMILES string of the molecule is C[C]1CCCS1. The Morgan fingerprint density at radius 2 is 2.50 bits per heavy atom. The topological polar surface area (TPSA) is 0 Å². The molecule has 1 heteroatoms. The van der Waals surface area contributed by atoms with Crippen LogP contribution in [0, 0.1) is 5.25 Å². The average Bonchev–Trinajstić information content (AvgIpc) is 1.86. The highest BCUT2D eigenvalue weighted by Crippen LogP contribution is 2.31. The van der Waals surface area contributed by atoms with Crippen LogP contribution in [0.15, 0.2) is 0 Å². The van der Waals surface area contributed by atoms with Crippen LogP contribution in [0.1, 0.15) is 19.8 Å². The summed E-state index contributed by atoms with van der Waals surface area (Å²) in [5.74, 6) is 1.37. The summed E-state index contributed by atoms with van der Waals surface area (Å²) in [6.07, 6.45) is 2.78. The van der Waals surface area contributed by atoms with Crippen molar-refractivity contribution in [2.75, 3.05) is 5.75 Å². The van der Waals surface area contributed by atoms with Gasteiger partial charge in [-0.2, -0.15) is 11.8 Å². The van der Waals surface area contributed by atoms with Gasteiger partial charge in [0.1, 0.15) is 0 Å². The van der Waals surface area contributed by atoms with Gasteiger partial charge in [0.2, 0.25) is 0 Å². The normalized spacial score (nSPS) is 25.5. The fourth-order valence-corrected chi connectivity index (χ4v) is 1.57. The van der Waals surface area contributed by atoms with Crippen molar-refractivity contribution in [1.82, 2.24) is 0 Å². The standard InChI is InChI=1S/C5H9S/c1-5-3-2-4-6-5/h2-4H2,1H3. The first-order valence-electron chi connectivity index (χ1n) is 2.35. The minimum Gasteiger partial charge on any atom is -0.154 e. The van der Waals surface area contributed by atoms with Crippen molar-refractivity contribution >= 4 is 11.8 Å². The second-order valence-electron chi connectivity index (χ2n) is 1.65. The van der Waals surface area contributed by atoms with Gasteiger partial charge in [-0.15, -0.1) is 0 Å². The second-order valence-corrected chi connectivity index (χ2v) is 3.05. The molecule has 6 heavy (non-hydrogen) atoms. The average molecular weight is 101 g/mol. The van der Waals surface area contributed by atoms with E-state index in [1.54, 1.807) is 5.25 Å². The van der Waals surface area contributed by atoms with Crippen LogP contribution in [0.2, 0.25) is 0 Å². The lowest BCUT2D eigenvalue weighted by Crippen LogP contribution is -1.68. The van der Waals surface area contributed by atoms with Gasteiger partial charge in [0, 0.05) is 5.25 Å². The van der Waals surface area contributed by atoms with Crippen molar-refractivity contribution in [3.63, 3.8) is 0 Å². The predicted molar refractivity (Wildman–Crippen MR) is 30.6 cm³/mol. The zero-order valence-electron chi connectivity index (χ0n) is 4.03. The zero-order chi connectivity index (χ0) is 4.41. The molecule has 1 radical (unpaired) electrons. The van der Waals surface area contributed by atoms with Crippen molar-refractivity contribution in [3.05, 3.63) is 5.25 Å². The van der Waals surface area contributed by atoms with Gasteiger partial charge in [0.05, 0.1) is 0 Å². The molecule has 0 nitrogen and oxygen atoms in total. The van der Waals surface area contributed by atoms with Gasteiger partial charge in [-0.1, -0.05) is 0 Å². The van der Waals surface area contributed by atoms with Crippen molar-refractivity contribution < 1.29 is 0 Å². The Hall–Kier alpha value is 0.350. The molecule has 35 valence electrons. The summed E-state index contributed by atoms with van der Waals surface area (Å²) in [4.78, 5) is 0. The zero-order valence-corrected chi connectivity index (χ0v) is 4.85. The number of hydrogen-bond donors (Lipinski definition) is 0. The molecule has 0 spiro atoms. The Balaban J connectivity index is 2.18. The van der Waals surface area contributed by atoms with Crippen molar-refractivity contribution in [3.8, 4) is 0 Å². The maximum absolute atomic E-state index is 2.22. The second kappa shape index (κ2) is 1.87. The van der Waals surface area contributed by atoms with E-state index in [0.717, 1.165) is 0 Å². The Morgan fingerprint density at radius 3 is 2.67 bits per heavy atom. The van der Waals surface area contributed by atoms with Gasteiger partial charge in [-0.25, -0.2) is 0 Å². The lowest BCUT2D eigenvalue weighted by atomic mass is 10.3. The lowest BCUT2D eigenvalue weighted by Gasteiger charge is -1.89. The third kappa shape index (κ3) is 0.904. The Labute approximate surface area is 43.3 Å². The molecule has 0 N–H and O–H groups in total. The largest absolute Gasteiger partial charge is 0.154 e. The molecular weight excluding hydrogens is 92.1 g/mol. The quantitative estimate of drug-likeness (QED) is 0.450. The minimum absolute atomic E-state index is 1.37. The Morgan fingerprint density at radius 1 is 1.67 bits per heavy atom. The molecule has 0 aromatic heterocycles. The van der Waals surface area contributed by atoms with Crippen LogP contribution in [-0.2, 0) is 0 Å². The summed E-state index contributed by atoms with van der Waals surface area (Å²) in [5.41, 5.74) is 0. The molecule has 1 aliphatic heterocycles. The first-order valence-corrected chi connectivity index (χ1v) is 3.33. The molecule has 0 amide bonds. The summed E-state index contributed by atoms with van der Waals surface area (Å²) in [7, 11) is 0. The highest BCUT2D eigenvalue weighted by Gasteiger charge is 2.08. The monoisotopic (exact) mass is 101 g/mol. The van der Waals surface area contributed by atoms with Gasteiger partial charge in [-0.3, -0.25) is 0 Å². The first kappa shape index (κ1) is 4.51. The highest BCUT2D eigenvalue weighted by atomic mass is 32.2. The number of hydrogen-bond acceptors (Lipinski definition) is 1. The molecule has 1 saturated heterocycles. The van der Waals surface area contributed by atoms with Crippen LogP contribution in [0.4, 0.5) is 0 Å². The van der Waals surface area contributed by atoms with E-state index < -0.39 is 0 Å². The van der Waals surface area contributed by atoms with Gasteiger partial charge in [0.15, 0.2) is 0 Å². The van der Waals surface area contributed by atoms with Gasteiger partial charge < -0.3 is 0 Å². The van der Waals surface area contributed by atoms with Crippen LogP contribution in [0.5, 0.6) is 0 Å². The van der Waals surface area contributed by atoms with E-state index in [1.807, 2.05) is 11.8 Å². The molecule has 0 bridgehead atoms. The van der Waals surface area contributed by atoms with Crippen LogP contribution >= 0.6 is 11.8 Å². The van der Waals surface area contributed by atoms with E-state index >= 15 is 0 Å². The van der Waals surface area contributed by atoms with E-state index in [2.05, 4.69) is 6.92 Å². The maximum atomic E-state index is 2.22. The molecule has 0 unspecified atom stereocenters. The van der Waals surface area contributed by atoms with E-state index in [4.69, 9.17) is 0 Å². The number of rotatable bonds is 0. The van der Waals surface area contributed by atoms with Crippen molar-refractivity contribution in [2.45, 2.75) is 19.8 Å². The van der Waals surface area contributed by atoms with E-state index in [1.165, 1.54) is 18.6 Å². The maximum Gasteiger partial charge on any atom is 0.0276 e. The fourth-order valence-electron chi connectivity index (χ4n) is 0.640. The van der Waals surface area contributed by atoms with Crippen LogP contribution in [-0.4, -0.2) is 5.75 Å². The van der Waals surface area contributed by atoms with E-state index in [-0.39, 0.29) is 0 Å². The molecule has 0 aromatic carbocycles. The highest BCUT2D eigenvalue weighted by molar-refractivity contribution is 8.02. The Kier molecular flexibility index (Phi) is 1.41. The summed E-state index contributed by atoms with van der Waals surface area (Å²) < 4.78 is 0. The third-order valence-electron chi connectivity index (χ3n) is 1.02. The predicted octanol–water partition coefficient (Wildman–Crippen LogP) is 2.07. The van der Waals surface area contributed by atoms with Crippen LogP contribution < -0.4 is 0 Å². The summed E-state index contributed by atoms with van der Waals surface area (Å²) in [6, 6.07) is 0. The van der Waals surface area contributed by atoms with E-state index in [9.17, 15) is 0 Å². The van der Waals surface area contributed by atoms with Crippen molar-refractivity contribution in [2.24, 2.45) is 0 Å². The van der Waals surface area contributed by atoms with Gasteiger partial charge in [-0.05, 0) is 25.5 Å². The fraction of sp³-hybridized carbons (Fsp3) is 0.800. The Bertz CT molecular complexity index is 37.2. The number of thioether (sulfide) groups is 1. The summed E-state index contributed by atoms with van der Waals surface area (Å²) in [5, 5.41) is 1.62. The van der Waals surface area contributed by atoms with Gasteiger partial charge >= 0.3 is 0 Å². The molecule has 1 fully saturated rings. The van der Waals surface area contributed by atoms with Crippen molar-refractivity contribution in [1.29, 1.82) is 0 Å². The molecule has 1 aliphatic rings. The third-order valence-corrected chi connectivity index (χ3v) is 2.21. The first-order chi connectivity index (χ1) is 2.89. The van der Waals surface area contributed by atoms with Crippen LogP contribution in [0.25, 0.3) is 0 Å². The molecule has 0 aromatic rings. The molecule has 0 atom stereocenters. The summed E-state index contributed by atoms with van der Waals surface area (Å²) >= 11 is 2.01. The lowest BCUT2D eigenvalue weighted by molar-refractivity contribution is 0.931. The molecular formula is C5H9S. The molecule has 1 rings (SSSR count). The molecule has 0 aliphatic carbocycles. The summed E-state index contributed by atoms with van der Waals surface area (Å²) in [6.45, 7) is 2.22. The minimum atomic E-state index is 1.37. The van der Waals surface area contributed by atoms with E-state index in [0.29, 0.717) is 0 Å². The molecule has 1 heterocycles.